The number of amides is 2. The van der Waals surface area contributed by atoms with Crippen LogP contribution in [0.15, 0.2) is 66.9 Å². The Labute approximate surface area is 159 Å². The molecule has 1 heterocycles. The fourth-order valence-corrected chi connectivity index (χ4v) is 2.89. The first kappa shape index (κ1) is 18.6. The Kier molecular flexibility index (Phi) is 5.81. The first-order valence-corrected chi connectivity index (χ1v) is 9.05. The van der Waals surface area contributed by atoms with Gasteiger partial charge in [0.2, 0.25) is 0 Å². The van der Waals surface area contributed by atoms with E-state index in [1.165, 1.54) is 0 Å². The summed E-state index contributed by atoms with van der Waals surface area (Å²) < 4.78 is 0. The third-order valence-electron chi connectivity index (χ3n) is 4.31. The monoisotopic (exact) mass is 360 g/mol. The number of hydrogen-bond donors (Lipinski definition) is 2. The van der Waals surface area contributed by atoms with E-state index in [4.69, 9.17) is 0 Å². The van der Waals surface area contributed by atoms with E-state index >= 15 is 0 Å². The summed E-state index contributed by atoms with van der Waals surface area (Å²) in [5.74, 6) is 0.953. The molecule has 5 nitrogen and oxygen atoms in total. The van der Waals surface area contributed by atoms with Gasteiger partial charge in [-0.1, -0.05) is 44.2 Å². The van der Waals surface area contributed by atoms with Crippen molar-refractivity contribution in [3.63, 3.8) is 0 Å². The number of nitrogens with one attached hydrogen (secondary N) is 2. The van der Waals surface area contributed by atoms with E-state index in [0.29, 0.717) is 5.82 Å². The second-order valence-electron chi connectivity index (χ2n) is 6.83. The summed E-state index contributed by atoms with van der Waals surface area (Å²) in [5, 5.41) is 5.96. The standard InChI is InChI=1S/C22H24N4O/c1-15(2)20(17-7-5-4-6-8-17)26-22(27)25-19-11-9-18(10-12-19)21-23-14-13-16(3)24-21/h4-15,20H,1-3H3,(H2,25,26,27). The first-order valence-electron chi connectivity index (χ1n) is 9.05. The molecule has 0 saturated carbocycles. The van der Waals surface area contributed by atoms with Crippen molar-refractivity contribution in [2.24, 2.45) is 5.92 Å². The number of hydrogen-bond acceptors (Lipinski definition) is 3. The smallest absolute Gasteiger partial charge is 0.319 e. The number of aryl methyl sites for hydroxylation is 1. The molecule has 1 aromatic heterocycles. The summed E-state index contributed by atoms with van der Waals surface area (Å²) in [5.41, 5.74) is 3.64. The average molecular weight is 360 g/mol. The Balaban J connectivity index is 1.67. The summed E-state index contributed by atoms with van der Waals surface area (Å²) in [6, 6.07) is 19.1. The van der Waals surface area contributed by atoms with Crippen LogP contribution in [0.25, 0.3) is 11.4 Å². The summed E-state index contributed by atoms with van der Waals surface area (Å²) in [6.45, 7) is 6.12. The minimum atomic E-state index is -0.225. The lowest BCUT2D eigenvalue weighted by Crippen LogP contribution is -2.35. The van der Waals surface area contributed by atoms with Gasteiger partial charge in [0.25, 0.3) is 0 Å². The predicted molar refractivity (Wildman–Crippen MR) is 108 cm³/mol. The van der Waals surface area contributed by atoms with Gasteiger partial charge < -0.3 is 10.6 Å². The highest BCUT2D eigenvalue weighted by atomic mass is 16.2. The van der Waals surface area contributed by atoms with Crippen molar-refractivity contribution in [3.8, 4) is 11.4 Å². The third kappa shape index (κ3) is 4.91. The van der Waals surface area contributed by atoms with Gasteiger partial charge in [-0.2, -0.15) is 0 Å². The van der Waals surface area contributed by atoms with Crippen LogP contribution in [-0.2, 0) is 0 Å². The number of rotatable bonds is 5. The minimum absolute atomic E-state index is 0.0498. The molecule has 0 aliphatic rings. The molecule has 0 aliphatic carbocycles. The molecule has 1 atom stereocenters. The Hall–Kier alpha value is -3.21. The van der Waals surface area contributed by atoms with E-state index in [1.54, 1.807) is 6.20 Å². The van der Waals surface area contributed by atoms with E-state index in [-0.39, 0.29) is 18.0 Å². The van der Waals surface area contributed by atoms with Crippen molar-refractivity contribution in [1.82, 2.24) is 15.3 Å². The van der Waals surface area contributed by atoms with Crippen molar-refractivity contribution < 1.29 is 4.79 Å². The predicted octanol–water partition coefficient (Wildman–Crippen LogP) is 4.97. The number of anilines is 1. The summed E-state index contributed by atoms with van der Waals surface area (Å²) in [4.78, 5) is 21.2. The van der Waals surface area contributed by atoms with E-state index in [2.05, 4.69) is 34.4 Å². The van der Waals surface area contributed by atoms with Crippen molar-refractivity contribution in [3.05, 3.63) is 78.1 Å². The zero-order chi connectivity index (χ0) is 19.2. The molecule has 0 fully saturated rings. The van der Waals surface area contributed by atoms with Crippen LogP contribution in [0.2, 0.25) is 0 Å². The molecular formula is C22H24N4O. The zero-order valence-corrected chi connectivity index (χ0v) is 15.8. The quantitative estimate of drug-likeness (QED) is 0.675. The van der Waals surface area contributed by atoms with Crippen LogP contribution >= 0.6 is 0 Å². The highest BCUT2D eigenvalue weighted by molar-refractivity contribution is 5.89. The fraction of sp³-hybridized carbons (Fsp3) is 0.227. The van der Waals surface area contributed by atoms with Crippen LogP contribution < -0.4 is 10.6 Å². The van der Waals surface area contributed by atoms with Crippen LogP contribution in [0.4, 0.5) is 10.5 Å². The number of urea groups is 1. The number of carbonyl (C=O) groups is 1. The Morgan fingerprint density at radius 2 is 1.67 bits per heavy atom. The van der Waals surface area contributed by atoms with Crippen molar-refractivity contribution in [2.75, 3.05) is 5.32 Å². The molecule has 2 amide bonds. The van der Waals surface area contributed by atoms with Gasteiger partial charge in [-0.3, -0.25) is 0 Å². The lowest BCUT2D eigenvalue weighted by atomic mass is 9.96. The van der Waals surface area contributed by atoms with Crippen LogP contribution in [0, 0.1) is 12.8 Å². The molecule has 138 valence electrons. The first-order chi connectivity index (χ1) is 13.0. The summed E-state index contributed by atoms with van der Waals surface area (Å²) in [6.07, 6.45) is 1.74. The van der Waals surface area contributed by atoms with Crippen LogP contribution in [-0.4, -0.2) is 16.0 Å². The Bertz CT molecular complexity index is 892. The molecule has 1 unspecified atom stereocenters. The molecule has 27 heavy (non-hydrogen) atoms. The molecule has 2 N–H and O–H groups in total. The highest BCUT2D eigenvalue weighted by Crippen LogP contribution is 2.22. The number of benzene rings is 2. The maximum Gasteiger partial charge on any atom is 0.319 e. The van der Waals surface area contributed by atoms with Gasteiger partial charge in [0.05, 0.1) is 6.04 Å². The van der Waals surface area contributed by atoms with Crippen LogP contribution in [0.5, 0.6) is 0 Å². The molecule has 0 radical (unpaired) electrons. The third-order valence-corrected chi connectivity index (χ3v) is 4.31. The van der Waals surface area contributed by atoms with Crippen molar-refractivity contribution in [2.45, 2.75) is 26.8 Å². The molecule has 0 bridgehead atoms. The van der Waals surface area contributed by atoms with Gasteiger partial charge in [0, 0.05) is 23.1 Å². The van der Waals surface area contributed by atoms with E-state index in [1.807, 2.05) is 67.6 Å². The van der Waals surface area contributed by atoms with E-state index < -0.39 is 0 Å². The van der Waals surface area contributed by atoms with Gasteiger partial charge in [-0.15, -0.1) is 0 Å². The molecule has 3 aromatic rings. The molecule has 0 spiro atoms. The molecule has 3 rings (SSSR count). The van der Waals surface area contributed by atoms with Gasteiger partial charge in [-0.25, -0.2) is 14.8 Å². The molecular weight excluding hydrogens is 336 g/mol. The van der Waals surface area contributed by atoms with Gasteiger partial charge in [0.1, 0.15) is 0 Å². The molecule has 0 saturated heterocycles. The van der Waals surface area contributed by atoms with Gasteiger partial charge in [-0.05, 0) is 48.7 Å². The zero-order valence-electron chi connectivity index (χ0n) is 15.8. The average Bonchev–Trinajstić information content (AvgIpc) is 2.67. The number of nitrogens with zero attached hydrogens (tertiary/aromatic N) is 2. The normalized spacial score (nSPS) is 11.9. The minimum Gasteiger partial charge on any atom is -0.331 e. The number of aromatic nitrogens is 2. The topological polar surface area (TPSA) is 66.9 Å². The van der Waals surface area contributed by atoms with Crippen LogP contribution in [0.1, 0.15) is 31.1 Å². The maximum absolute atomic E-state index is 12.5. The SMILES string of the molecule is Cc1ccnc(-c2ccc(NC(=O)NC(c3ccccc3)C(C)C)cc2)n1. The van der Waals surface area contributed by atoms with Crippen LogP contribution in [0.3, 0.4) is 0 Å². The Morgan fingerprint density at radius 3 is 2.30 bits per heavy atom. The van der Waals surface area contributed by atoms with Gasteiger partial charge >= 0.3 is 6.03 Å². The number of carbonyl (C=O) groups excluding carboxylic acids is 1. The van der Waals surface area contributed by atoms with E-state index in [9.17, 15) is 4.79 Å². The lowest BCUT2D eigenvalue weighted by Gasteiger charge is -2.23. The van der Waals surface area contributed by atoms with Crippen molar-refractivity contribution >= 4 is 11.7 Å². The second-order valence-corrected chi connectivity index (χ2v) is 6.83. The summed E-state index contributed by atoms with van der Waals surface area (Å²) >= 11 is 0. The largest absolute Gasteiger partial charge is 0.331 e. The van der Waals surface area contributed by atoms with E-state index in [0.717, 1.165) is 22.5 Å². The molecule has 0 aliphatic heterocycles. The second kappa shape index (κ2) is 8.45. The molecule has 2 aromatic carbocycles. The van der Waals surface area contributed by atoms with Crippen molar-refractivity contribution in [1.29, 1.82) is 0 Å². The molecule has 5 heteroatoms. The lowest BCUT2D eigenvalue weighted by molar-refractivity contribution is 0.244. The summed E-state index contributed by atoms with van der Waals surface area (Å²) in [7, 11) is 0. The highest BCUT2D eigenvalue weighted by Gasteiger charge is 2.18. The Morgan fingerprint density at radius 1 is 0.963 bits per heavy atom. The van der Waals surface area contributed by atoms with Gasteiger partial charge in [0.15, 0.2) is 5.82 Å². The maximum atomic E-state index is 12.5. The fourth-order valence-electron chi connectivity index (χ4n) is 2.89.